The highest BCUT2D eigenvalue weighted by atomic mass is 35.5. The highest BCUT2D eigenvalue weighted by molar-refractivity contribution is 7.92. The van der Waals surface area contributed by atoms with Crippen LogP contribution in [0.15, 0.2) is 71.6 Å². The van der Waals surface area contributed by atoms with E-state index in [-0.39, 0.29) is 22.4 Å². The first-order chi connectivity index (χ1) is 17.8. The summed E-state index contributed by atoms with van der Waals surface area (Å²) in [5.74, 6) is 0.706. The van der Waals surface area contributed by atoms with E-state index in [2.05, 4.69) is 21.0 Å². The lowest BCUT2D eigenvalue weighted by molar-refractivity contribution is -0.121. The number of carbonyl (C=O) groups excluding carboxylic acids is 1. The van der Waals surface area contributed by atoms with Crippen molar-refractivity contribution >= 4 is 38.9 Å². The highest BCUT2D eigenvalue weighted by Crippen LogP contribution is 2.31. The SMILES string of the molecule is COc1ccc(OC)c(NS(=O)(=O)c2ccc(NC(=O)C3CCN(Cc4cccc(Cl)c4)CC3)cc2)c1. The normalized spacial score (nSPS) is 14.7. The molecule has 2 N–H and O–H groups in total. The lowest BCUT2D eigenvalue weighted by Crippen LogP contribution is -2.37. The Morgan fingerprint density at radius 2 is 1.73 bits per heavy atom. The summed E-state index contributed by atoms with van der Waals surface area (Å²) in [7, 11) is -0.927. The lowest BCUT2D eigenvalue weighted by Gasteiger charge is -2.31. The average Bonchev–Trinajstić information content (AvgIpc) is 2.89. The van der Waals surface area contributed by atoms with E-state index in [0.29, 0.717) is 17.2 Å². The summed E-state index contributed by atoms with van der Waals surface area (Å²) in [6.45, 7) is 2.45. The van der Waals surface area contributed by atoms with Gasteiger partial charge in [-0.15, -0.1) is 0 Å². The number of benzene rings is 3. The maximum absolute atomic E-state index is 12.9. The number of likely N-dealkylation sites (tertiary alicyclic amines) is 1. The molecule has 8 nitrogen and oxygen atoms in total. The van der Waals surface area contributed by atoms with Gasteiger partial charge in [0.05, 0.1) is 24.8 Å². The molecule has 0 unspecified atom stereocenters. The molecule has 1 heterocycles. The van der Waals surface area contributed by atoms with Crippen LogP contribution in [0, 0.1) is 5.92 Å². The van der Waals surface area contributed by atoms with Gasteiger partial charge in [0.25, 0.3) is 10.0 Å². The molecule has 3 aromatic rings. The Morgan fingerprint density at radius 1 is 1.00 bits per heavy atom. The lowest BCUT2D eigenvalue weighted by atomic mass is 9.95. The zero-order valence-corrected chi connectivity index (χ0v) is 22.3. The van der Waals surface area contributed by atoms with E-state index in [1.54, 1.807) is 30.3 Å². The van der Waals surface area contributed by atoms with Crippen molar-refractivity contribution in [1.82, 2.24) is 4.90 Å². The van der Waals surface area contributed by atoms with Crippen LogP contribution in [0.4, 0.5) is 11.4 Å². The minimum atomic E-state index is -3.88. The van der Waals surface area contributed by atoms with Crippen LogP contribution < -0.4 is 19.5 Å². The topological polar surface area (TPSA) is 97.0 Å². The Bertz CT molecular complexity index is 1340. The summed E-state index contributed by atoms with van der Waals surface area (Å²) in [6.07, 6.45) is 1.51. The molecular weight excluding hydrogens is 514 g/mol. The standard InChI is InChI=1S/C27H30ClN3O5S/c1-35-23-8-11-26(36-2)25(17-23)30-37(33,34)24-9-6-22(7-10-24)29-27(32)20-12-14-31(15-13-20)18-19-4-3-5-21(28)16-19/h3-11,16-17,20,30H,12-15,18H2,1-2H3,(H,29,32). The van der Waals surface area contributed by atoms with Gasteiger partial charge in [0.15, 0.2) is 0 Å². The van der Waals surface area contributed by atoms with Crippen molar-refractivity contribution in [2.75, 3.05) is 37.3 Å². The average molecular weight is 544 g/mol. The van der Waals surface area contributed by atoms with E-state index in [0.717, 1.165) is 43.1 Å². The van der Waals surface area contributed by atoms with Crippen molar-refractivity contribution < 1.29 is 22.7 Å². The Morgan fingerprint density at radius 3 is 2.38 bits per heavy atom. The number of hydrogen-bond donors (Lipinski definition) is 2. The van der Waals surface area contributed by atoms with Gasteiger partial charge in [-0.05, 0) is 80.0 Å². The fourth-order valence-electron chi connectivity index (χ4n) is 4.31. The maximum atomic E-state index is 12.9. The van der Waals surface area contributed by atoms with Gasteiger partial charge in [0.2, 0.25) is 5.91 Å². The molecule has 0 spiro atoms. The molecule has 0 saturated carbocycles. The van der Waals surface area contributed by atoms with E-state index in [9.17, 15) is 13.2 Å². The Labute approximate surface area is 222 Å². The number of piperidine rings is 1. The molecule has 0 aliphatic carbocycles. The van der Waals surface area contributed by atoms with E-state index in [1.807, 2.05) is 18.2 Å². The Kier molecular flexibility index (Phi) is 8.58. The van der Waals surface area contributed by atoms with Crippen molar-refractivity contribution in [3.63, 3.8) is 0 Å². The second-order valence-electron chi connectivity index (χ2n) is 8.87. The molecule has 0 atom stereocenters. The van der Waals surface area contributed by atoms with Gasteiger partial charge in [-0.3, -0.25) is 14.4 Å². The molecule has 10 heteroatoms. The molecule has 1 aliphatic rings. The number of hydrogen-bond acceptors (Lipinski definition) is 6. The highest BCUT2D eigenvalue weighted by Gasteiger charge is 2.25. The third kappa shape index (κ3) is 6.94. The van der Waals surface area contributed by atoms with Crippen LogP contribution >= 0.6 is 11.6 Å². The molecule has 1 saturated heterocycles. The molecule has 0 bridgehead atoms. The van der Waals surface area contributed by atoms with Crippen molar-refractivity contribution in [3.05, 3.63) is 77.3 Å². The van der Waals surface area contributed by atoms with E-state index in [1.165, 1.54) is 26.4 Å². The molecule has 0 aromatic heterocycles. The summed E-state index contributed by atoms with van der Waals surface area (Å²) in [5, 5.41) is 3.64. The number of anilines is 2. The molecule has 1 aliphatic heterocycles. The smallest absolute Gasteiger partial charge is 0.262 e. The van der Waals surface area contributed by atoms with Crippen LogP contribution in [0.1, 0.15) is 18.4 Å². The second kappa shape index (κ2) is 11.9. The number of nitrogens with one attached hydrogen (secondary N) is 2. The van der Waals surface area contributed by atoms with Crippen molar-refractivity contribution in [3.8, 4) is 11.5 Å². The van der Waals surface area contributed by atoms with Crippen LogP contribution in [-0.4, -0.2) is 46.5 Å². The molecule has 1 amide bonds. The van der Waals surface area contributed by atoms with Gasteiger partial charge < -0.3 is 14.8 Å². The molecule has 37 heavy (non-hydrogen) atoms. The fraction of sp³-hybridized carbons (Fsp3) is 0.296. The summed E-state index contributed by atoms with van der Waals surface area (Å²) in [5.41, 5.74) is 1.97. The maximum Gasteiger partial charge on any atom is 0.262 e. The minimum absolute atomic E-state index is 0.0581. The second-order valence-corrected chi connectivity index (χ2v) is 11.0. The van der Waals surface area contributed by atoms with Crippen molar-refractivity contribution in [2.45, 2.75) is 24.3 Å². The van der Waals surface area contributed by atoms with Gasteiger partial charge in [-0.25, -0.2) is 8.42 Å². The quantitative estimate of drug-likeness (QED) is 0.394. The number of amides is 1. The van der Waals surface area contributed by atoms with Crippen LogP contribution in [0.5, 0.6) is 11.5 Å². The zero-order chi connectivity index (χ0) is 26.4. The van der Waals surface area contributed by atoms with E-state index < -0.39 is 10.0 Å². The van der Waals surface area contributed by atoms with Crippen LogP contribution in [-0.2, 0) is 21.4 Å². The largest absolute Gasteiger partial charge is 0.497 e. The Balaban J connectivity index is 1.33. The molecule has 4 rings (SSSR count). The van der Waals surface area contributed by atoms with Gasteiger partial charge in [-0.2, -0.15) is 0 Å². The first-order valence-corrected chi connectivity index (χ1v) is 13.8. The third-order valence-electron chi connectivity index (χ3n) is 6.34. The first kappa shape index (κ1) is 26.8. The molecule has 196 valence electrons. The van der Waals surface area contributed by atoms with Crippen molar-refractivity contribution in [1.29, 1.82) is 0 Å². The molecule has 0 radical (unpaired) electrons. The van der Waals surface area contributed by atoms with Gasteiger partial charge in [0, 0.05) is 29.2 Å². The van der Waals surface area contributed by atoms with Gasteiger partial charge >= 0.3 is 0 Å². The molecule has 3 aromatic carbocycles. The van der Waals surface area contributed by atoms with E-state index in [4.69, 9.17) is 21.1 Å². The van der Waals surface area contributed by atoms with Crippen LogP contribution in [0.25, 0.3) is 0 Å². The third-order valence-corrected chi connectivity index (χ3v) is 7.95. The first-order valence-electron chi connectivity index (χ1n) is 11.9. The summed E-state index contributed by atoms with van der Waals surface area (Å²) in [6, 6.07) is 18.8. The van der Waals surface area contributed by atoms with E-state index >= 15 is 0 Å². The number of carbonyl (C=O) groups is 1. The van der Waals surface area contributed by atoms with Crippen LogP contribution in [0.3, 0.4) is 0 Å². The Hall–Kier alpha value is -3.27. The summed E-state index contributed by atoms with van der Waals surface area (Å²) < 4.78 is 38.8. The fourth-order valence-corrected chi connectivity index (χ4v) is 5.58. The molecule has 1 fully saturated rings. The number of rotatable bonds is 9. The number of methoxy groups -OCH3 is 2. The predicted molar refractivity (Wildman–Crippen MR) is 145 cm³/mol. The van der Waals surface area contributed by atoms with Gasteiger partial charge in [0.1, 0.15) is 11.5 Å². The number of nitrogens with zero attached hydrogens (tertiary/aromatic N) is 1. The summed E-state index contributed by atoms with van der Waals surface area (Å²) in [4.78, 5) is 15.2. The minimum Gasteiger partial charge on any atom is -0.497 e. The molecular formula is C27H30ClN3O5S. The van der Waals surface area contributed by atoms with Crippen molar-refractivity contribution in [2.24, 2.45) is 5.92 Å². The number of sulfonamides is 1. The number of ether oxygens (including phenoxy) is 2. The monoisotopic (exact) mass is 543 g/mol. The predicted octanol–water partition coefficient (Wildman–Crippen LogP) is 5.01. The number of halogens is 1. The zero-order valence-electron chi connectivity index (χ0n) is 20.7. The van der Waals surface area contributed by atoms with Gasteiger partial charge in [-0.1, -0.05) is 23.7 Å². The van der Waals surface area contributed by atoms with Crippen LogP contribution in [0.2, 0.25) is 5.02 Å². The summed E-state index contributed by atoms with van der Waals surface area (Å²) >= 11 is 6.08.